The van der Waals surface area contributed by atoms with Crippen molar-refractivity contribution < 1.29 is 9.47 Å². The first-order chi connectivity index (χ1) is 10.3. The predicted octanol–water partition coefficient (Wildman–Crippen LogP) is 1.60. The van der Waals surface area contributed by atoms with E-state index in [0.29, 0.717) is 6.61 Å². The third kappa shape index (κ3) is 5.61. The van der Waals surface area contributed by atoms with Crippen molar-refractivity contribution in [1.29, 1.82) is 0 Å². The summed E-state index contributed by atoms with van der Waals surface area (Å²) in [5.74, 6) is 0.900. The largest absolute Gasteiger partial charge is 0.490 e. The van der Waals surface area contributed by atoms with Crippen molar-refractivity contribution in [3.05, 3.63) is 23.5 Å². The fourth-order valence-electron chi connectivity index (χ4n) is 2.35. The Labute approximate surface area is 127 Å². The zero-order valence-corrected chi connectivity index (χ0v) is 13.2. The molecule has 1 aromatic heterocycles. The summed E-state index contributed by atoms with van der Waals surface area (Å²) in [7, 11) is 0. The standard InChI is InChI=1S/C16H27N3O2/c1-3-6-17-13-15-16(5-4-14(2)18-15)21-12-9-19-7-10-20-11-8-19/h4-5,17H,3,6-13H2,1-2H3. The first-order valence-electron chi connectivity index (χ1n) is 7.89. The molecule has 1 fully saturated rings. The summed E-state index contributed by atoms with van der Waals surface area (Å²) in [5.41, 5.74) is 2.04. The molecule has 0 amide bonds. The van der Waals surface area contributed by atoms with Crippen LogP contribution in [0.1, 0.15) is 24.7 Å². The number of morpholine rings is 1. The lowest BCUT2D eigenvalue weighted by Crippen LogP contribution is -2.38. The Bertz CT molecular complexity index is 420. The average Bonchev–Trinajstić information content (AvgIpc) is 2.51. The van der Waals surface area contributed by atoms with Gasteiger partial charge in [-0.2, -0.15) is 0 Å². The van der Waals surface area contributed by atoms with E-state index in [1.807, 2.05) is 19.1 Å². The second kappa shape index (κ2) is 8.97. The van der Waals surface area contributed by atoms with Gasteiger partial charge in [0.15, 0.2) is 0 Å². The number of ether oxygens (including phenoxy) is 2. The SMILES string of the molecule is CCCNCc1nc(C)ccc1OCCN1CCOCC1. The molecule has 1 saturated heterocycles. The summed E-state index contributed by atoms with van der Waals surface area (Å²) in [6.45, 7) is 11.3. The second-order valence-electron chi connectivity index (χ2n) is 5.38. The summed E-state index contributed by atoms with van der Waals surface area (Å²) in [6, 6.07) is 4.04. The zero-order chi connectivity index (χ0) is 14.9. The molecule has 2 heterocycles. The Hall–Kier alpha value is -1.17. The van der Waals surface area contributed by atoms with Gasteiger partial charge in [0, 0.05) is 31.9 Å². The number of hydrogen-bond donors (Lipinski definition) is 1. The fraction of sp³-hybridized carbons (Fsp3) is 0.688. The van der Waals surface area contributed by atoms with Gasteiger partial charge in [0.1, 0.15) is 12.4 Å². The van der Waals surface area contributed by atoms with Gasteiger partial charge in [-0.1, -0.05) is 6.92 Å². The average molecular weight is 293 g/mol. The Kier molecular flexibility index (Phi) is 6.92. The molecule has 0 spiro atoms. The highest BCUT2D eigenvalue weighted by atomic mass is 16.5. The van der Waals surface area contributed by atoms with Crippen molar-refractivity contribution >= 4 is 0 Å². The normalized spacial score (nSPS) is 16.1. The number of aryl methyl sites for hydroxylation is 1. The van der Waals surface area contributed by atoms with Gasteiger partial charge in [-0.15, -0.1) is 0 Å². The molecule has 2 rings (SSSR count). The number of aromatic nitrogens is 1. The molecule has 1 N–H and O–H groups in total. The number of rotatable bonds is 8. The van der Waals surface area contributed by atoms with Crippen molar-refractivity contribution in [3.8, 4) is 5.75 Å². The van der Waals surface area contributed by atoms with E-state index in [1.165, 1.54) is 0 Å². The lowest BCUT2D eigenvalue weighted by Gasteiger charge is -2.26. The summed E-state index contributed by atoms with van der Waals surface area (Å²) in [4.78, 5) is 6.96. The molecule has 0 aromatic carbocycles. The lowest BCUT2D eigenvalue weighted by atomic mass is 10.2. The Balaban J connectivity index is 1.82. The van der Waals surface area contributed by atoms with Gasteiger partial charge in [0.2, 0.25) is 0 Å². The summed E-state index contributed by atoms with van der Waals surface area (Å²) in [6.07, 6.45) is 1.12. The van der Waals surface area contributed by atoms with Crippen molar-refractivity contribution in [2.45, 2.75) is 26.8 Å². The number of pyridine rings is 1. The van der Waals surface area contributed by atoms with E-state index in [1.54, 1.807) is 0 Å². The maximum Gasteiger partial charge on any atom is 0.142 e. The van der Waals surface area contributed by atoms with Crippen LogP contribution in [0.15, 0.2) is 12.1 Å². The van der Waals surface area contributed by atoms with Gasteiger partial charge >= 0.3 is 0 Å². The number of nitrogens with zero attached hydrogens (tertiary/aromatic N) is 2. The van der Waals surface area contributed by atoms with E-state index in [2.05, 4.69) is 22.1 Å². The van der Waals surface area contributed by atoms with Crippen LogP contribution >= 0.6 is 0 Å². The number of hydrogen-bond acceptors (Lipinski definition) is 5. The highest BCUT2D eigenvalue weighted by molar-refractivity contribution is 5.29. The van der Waals surface area contributed by atoms with Crippen LogP contribution in [0.5, 0.6) is 5.75 Å². The van der Waals surface area contributed by atoms with Crippen molar-refractivity contribution in [1.82, 2.24) is 15.2 Å². The van der Waals surface area contributed by atoms with Crippen LogP contribution in [0.25, 0.3) is 0 Å². The molecule has 5 nitrogen and oxygen atoms in total. The summed E-state index contributed by atoms with van der Waals surface area (Å²) < 4.78 is 11.3. The highest BCUT2D eigenvalue weighted by Crippen LogP contribution is 2.17. The van der Waals surface area contributed by atoms with E-state index in [-0.39, 0.29) is 0 Å². The molecule has 0 bridgehead atoms. The fourth-order valence-corrected chi connectivity index (χ4v) is 2.35. The van der Waals surface area contributed by atoms with Crippen LogP contribution in [0.4, 0.5) is 0 Å². The third-order valence-corrected chi connectivity index (χ3v) is 3.56. The molecular formula is C16H27N3O2. The molecule has 118 valence electrons. The van der Waals surface area contributed by atoms with Crippen molar-refractivity contribution in [2.75, 3.05) is 46.0 Å². The van der Waals surface area contributed by atoms with Gasteiger partial charge in [-0.05, 0) is 32.0 Å². The quantitative estimate of drug-likeness (QED) is 0.738. The van der Waals surface area contributed by atoms with Crippen LogP contribution in [-0.2, 0) is 11.3 Å². The first-order valence-corrected chi connectivity index (χ1v) is 7.89. The van der Waals surface area contributed by atoms with E-state index >= 15 is 0 Å². The van der Waals surface area contributed by atoms with Crippen molar-refractivity contribution in [3.63, 3.8) is 0 Å². The minimum absolute atomic E-state index is 0.700. The summed E-state index contributed by atoms with van der Waals surface area (Å²) in [5, 5.41) is 3.39. The molecule has 5 heteroatoms. The molecule has 21 heavy (non-hydrogen) atoms. The molecule has 1 aliphatic heterocycles. The van der Waals surface area contributed by atoms with Crippen LogP contribution < -0.4 is 10.1 Å². The van der Waals surface area contributed by atoms with Gasteiger partial charge in [-0.25, -0.2) is 0 Å². The van der Waals surface area contributed by atoms with E-state index in [9.17, 15) is 0 Å². The van der Waals surface area contributed by atoms with Gasteiger partial charge in [0.05, 0.1) is 18.9 Å². The molecule has 0 aliphatic carbocycles. The van der Waals surface area contributed by atoms with Crippen LogP contribution in [-0.4, -0.2) is 55.9 Å². The molecule has 0 unspecified atom stereocenters. The Morgan fingerprint density at radius 1 is 1.33 bits per heavy atom. The Morgan fingerprint density at radius 3 is 2.90 bits per heavy atom. The number of nitrogens with one attached hydrogen (secondary N) is 1. The summed E-state index contributed by atoms with van der Waals surface area (Å²) >= 11 is 0. The molecular weight excluding hydrogens is 266 g/mol. The van der Waals surface area contributed by atoms with Crippen LogP contribution in [0, 0.1) is 6.92 Å². The first kappa shape index (κ1) is 16.2. The van der Waals surface area contributed by atoms with E-state index in [0.717, 1.165) is 69.5 Å². The smallest absolute Gasteiger partial charge is 0.142 e. The van der Waals surface area contributed by atoms with Crippen LogP contribution in [0.3, 0.4) is 0 Å². The monoisotopic (exact) mass is 293 g/mol. The molecule has 0 saturated carbocycles. The second-order valence-corrected chi connectivity index (χ2v) is 5.38. The van der Waals surface area contributed by atoms with Crippen molar-refractivity contribution in [2.24, 2.45) is 0 Å². The van der Waals surface area contributed by atoms with Crippen LogP contribution in [0.2, 0.25) is 0 Å². The minimum atomic E-state index is 0.700. The molecule has 1 aromatic rings. The Morgan fingerprint density at radius 2 is 2.14 bits per heavy atom. The highest BCUT2D eigenvalue weighted by Gasteiger charge is 2.11. The zero-order valence-electron chi connectivity index (χ0n) is 13.2. The topological polar surface area (TPSA) is 46.6 Å². The third-order valence-electron chi connectivity index (χ3n) is 3.56. The maximum absolute atomic E-state index is 5.94. The van der Waals surface area contributed by atoms with Gasteiger partial charge in [-0.3, -0.25) is 9.88 Å². The lowest BCUT2D eigenvalue weighted by molar-refractivity contribution is 0.0321. The van der Waals surface area contributed by atoms with E-state index < -0.39 is 0 Å². The van der Waals surface area contributed by atoms with Gasteiger partial charge in [0.25, 0.3) is 0 Å². The van der Waals surface area contributed by atoms with E-state index in [4.69, 9.17) is 9.47 Å². The maximum atomic E-state index is 5.94. The molecule has 1 aliphatic rings. The predicted molar refractivity (Wildman–Crippen MR) is 83.7 cm³/mol. The molecule has 0 atom stereocenters. The minimum Gasteiger partial charge on any atom is -0.490 e. The van der Waals surface area contributed by atoms with Gasteiger partial charge < -0.3 is 14.8 Å². The molecule has 0 radical (unpaired) electrons.